The van der Waals surface area contributed by atoms with Gasteiger partial charge in [-0.05, 0) is 0 Å². The third-order valence-electron chi connectivity index (χ3n) is 1.91. The highest BCUT2D eigenvalue weighted by Crippen LogP contribution is 2.10. The van der Waals surface area contributed by atoms with Crippen LogP contribution in [0.3, 0.4) is 0 Å². The number of nitrogens with two attached hydrogens (primary N) is 3. The van der Waals surface area contributed by atoms with Gasteiger partial charge in [-0.3, -0.25) is 11.3 Å². The summed E-state index contributed by atoms with van der Waals surface area (Å²) in [6.07, 6.45) is 0. The minimum absolute atomic E-state index is 0.269. The molecule has 0 aromatic rings. The number of hydrogen-bond acceptors (Lipinski definition) is 10. The quantitative estimate of drug-likeness (QED) is 0.137. The predicted molar refractivity (Wildman–Crippen MR) is 68.7 cm³/mol. The van der Waals surface area contributed by atoms with Crippen LogP contribution in [0.15, 0.2) is 0 Å². The van der Waals surface area contributed by atoms with Crippen molar-refractivity contribution in [2.24, 2.45) is 17.3 Å². The van der Waals surface area contributed by atoms with E-state index in [1.54, 1.807) is 0 Å². The highest BCUT2D eigenvalue weighted by Gasteiger charge is 2.46. The van der Waals surface area contributed by atoms with E-state index in [9.17, 15) is 0 Å². The molecule has 1 aliphatic rings. The molecule has 0 amide bonds. The van der Waals surface area contributed by atoms with Crippen molar-refractivity contribution in [1.29, 1.82) is 0 Å². The van der Waals surface area contributed by atoms with Crippen molar-refractivity contribution in [2.45, 2.75) is 0 Å². The number of rotatable bonds is 10. The van der Waals surface area contributed by atoms with Gasteiger partial charge in [0.25, 0.3) is 0 Å². The Hall–Kier alpha value is -0.205. The van der Waals surface area contributed by atoms with Gasteiger partial charge in [-0.25, -0.2) is 0 Å². The molecule has 19 heavy (non-hydrogen) atoms. The molecule has 1 aliphatic heterocycles. The summed E-state index contributed by atoms with van der Waals surface area (Å²) in [5.41, 5.74) is 13.1. The van der Waals surface area contributed by atoms with Crippen LogP contribution in [-0.2, 0) is 27.7 Å². The largest absolute Gasteiger partial charge is 0.615 e. The van der Waals surface area contributed by atoms with Crippen LogP contribution >= 0.6 is 0 Å². The normalized spacial score (nSPS) is 16.3. The molecule has 0 saturated carbocycles. The molecule has 1 rings (SSSR count). The lowest BCUT2D eigenvalue weighted by atomic mass is 9.96. The van der Waals surface area contributed by atoms with E-state index < -0.39 is 22.0 Å². The van der Waals surface area contributed by atoms with E-state index in [0.717, 1.165) is 0 Å². The van der Waals surface area contributed by atoms with E-state index in [2.05, 4.69) is 5.43 Å². The summed E-state index contributed by atoms with van der Waals surface area (Å²) in [6.45, 7) is 1.93. The molecule has 0 aliphatic carbocycles. The van der Waals surface area contributed by atoms with Gasteiger partial charge in [0.15, 0.2) is 0 Å². The third kappa shape index (κ3) is 7.22. The molecule has 0 bridgehead atoms. The summed E-state index contributed by atoms with van der Waals surface area (Å²) < 4.78 is 31.3. The highest BCUT2D eigenvalue weighted by atomic mass is 16.9. The Labute approximate surface area is 113 Å². The molecular formula is C6H19B3N4O6. The zero-order valence-electron chi connectivity index (χ0n) is 10.7. The second kappa shape index (κ2) is 10.6. The van der Waals surface area contributed by atoms with Gasteiger partial charge >= 0.3 is 22.0 Å². The van der Waals surface area contributed by atoms with Crippen molar-refractivity contribution in [3.8, 4) is 0 Å². The molecule has 0 radical (unpaired) electrons. The Morgan fingerprint density at radius 1 is 0.789 bits per heavy atom. The summed E-state index contributed by atoms with van der Waals surface area (Å²) in [5.74, 6) is 5.12. The molecule has 0 spiro atoms. The highest BCUT2D eigenvalue weighted by molar-refractivity contribution is 6.66. The Morgan fingerprint density at radius 3 is 1.58 bits per heavy atom. The molecule has 1 saturated heterocycles. The van der Waals surface area contributed by atoms with Gasteiger partial charge in [0.05, 0.1) is 0 Å². The number of hydrogen-bond donors (Lipinski definition) is 4. The smallest absolute Gasteiger partial charge is 0.400 e. The Bertz CT molecular complexity index is 217. The summed E-state index contributed by atoms with van der Waals surface area (Å²) in [4.78, 5) is 0. The lowest BCUT2D eigenvalue weighted by molar-refractivity contribution is 0.0693. The third-order valence-corrected chi connectivity index (χ3v) is 1.91. The first-order chi connectivity index (χ1) is 9.30. The first-order valence-corrected chi connectivity index (χ1v) is 5.95. The van der Waals surface area contributed by atoms with E-state index in [4.69, 9.17) is 45.0 Å². The monoisotopic (exact) mass is 276 g/mol. The second-order valence-corrected chi connectivity index (χ2v) is 3.42. The molecule has 7 N–H and O–H groups in total. The van der Waals surface area contributed by atoms with Crippen molar-refractivity contribution in [1.82, 2.24) is 5.43 Å². The van der Waals surface area contributed by atoms with Crippen molar-refractivity contribution in [3.63, 3.8) is 0 Å². The maximum atomic E-state index is 5.32. The van der Waals surface area contributed by atoms with Crippen LogP contribution in [0.4, 0.5) is 0 Å². The zero-order valence-corrected chi connectivity index (χ0v) is 10.7. The fraction of sp³-hybridized carbons (Fsp3) is 1.00. The number of nitrogens with one attached hydrogen (secondary N) is 1. The van der Waals surface area contributed by atoms with E-state index >= 15 is 0 Å². The van der Waals surface area contributed by atoms with Gasteiger partial charge < -0.3 is 39.1 Å². The first kappa shape index (κ1) is 16.8. The van der Waals surface area contributed by atoms with Crippen LogP contribution in [0, 0.1) is 0 Å². The molecule has 0 atom stereocenters. The average Bonchev–Trinajstić information content (AvgIpc) is 2.43. The van der Waals surface area contributed by atoms with Crippen LogP contribution in [-0.4, -0.2) is 61.4 Å². The minimum atomic E-state index is -0.979. The Morgan fingerprint density at radius 2 is 1.21 bits per heavy atom. The average molecular weight is 276 g/mol. The van der Waals surface area contributed by atoms with Crippen LogP contribution < -0.4 is 22.7 Å². The Kier molecular flexibility index (Phi) is 9.37. The summed E-state index contributed by atoms with van der Waals surface area (Å²) in [7, 11) is -2.93. The van der Waals surface area contributed by atoms with Gasteiger partial charge in [-0.1, -0.05) is 0 Å². The SMILES string of the molecule is NCCOB1OB(OCCN)OB(OCCNN)O1. The summed E-state index contributed by atoms with van der Waals surface area (Å²) >= 11 is 0. The van der Waals surface area contributed by atoms with Gasteiger partial charge in [0.1, 0.15) is 0 Å². The van der Waals surface area contributed by atoms with Crippen LogP contribution in [0.5, 0.6) is 0 Å². The van der Waals surface area contributed by atoms with E-state index in [0.29, 0.717) is 19.6 Å². The van der Waals surface area contributed by atoms with Crippen LogP contribution in [0.1, 0.15) is 0 Å². The van der Waals surface area contributed by atoms with Crippen molar-refractivity contribution in [2.75, 3.05) is 39.5 Å². The Balaban J connectivity index is 2.36. The van der Waals surface area contributed by atoms with Crippen molar-refractivity contribution in [3.05, 3.63) is 0 Å². The topological polar surface area (TPSA) is 145 Å². The lowest BCUT2D eigenvalue weighted by Gasteiger charge is -2.27. The molecule has 13 heteroatoms. The summed E-state index contributed by atoms with van der Waals surface area (Å²) in [6, 6.07) is 0. The lowest BCUT2D eigenvalue weighted by Crippen LogP contribution is -2.53. The van der Waals surface area contributed by atoms with Gasteiger partial charge in [0, 0.05) is 39.5 Å². The van der Waals surface area contributed by atoms with Gasteiger partial charge in [0.2, 0.25) is 0 Å². The zero-order chi connectivity index (χ0) is 13.9. The second-order valence-electron chi connectivity index (χ2n) is 3.42. The molecule has 0 aromatic heterocycles. The minimum Gasteiger partial charge on any atom is -0.400 e. The molecule has 1 fully saturated rings. The van der Waals surface area contributed by atoms with E-state index in [-0.39, 0.29) is 19.8 Å². The fourth-order valence-corrected chi connectivity index (χ4v) is 1.15. The maximum absolute atomic E-state index is 5.32. The summed E-state index contributed by atoms with van der Waals surface area (Å²) in [5, 5.41) is 0. The predicted octanol–water partition coefficient (Wildman–Crippen LogP) is -3.56. The van der Waals surface area contributed by atoms with Gasteiger partial charge in [-0.2, -0.15) is 0 Å². The molecule has 0 unspecified atom stereocenters. The maximum Gasteiger partial charge on any atom is 0.615 e. The molecular weight excluding hydrogens is 257 g/mol. The fourth-order valence-electron chi connectivity index (χ4n) is 1.15. The first-order valence-electron chi connectivity index (χ1n) is 5.95. The van der Waals surface area contributed by atoms with Crippen molar-refractivity contribution >= 4 is 22.0 Å². The molecule has 108 valence electrons. The number of hydrazine groups is 1. The van der Waals surface area contributed by atoms with Crippen LogP contribution in [0.2, 0.25) is 0 Å². The van der Waals surface area contributed by atoms with E-state index in [1.807, 2.05) is 0 Å². The van der Waals surface area contributed by atoms with E-state index in [1.165, 1.54) is 0 Å². The van der Waals surface area contributed by atoms with Crippen molar-refractivity contribution < 1.29 is 27.7 Å². The molecule has 1 heterocycles. The van der Waals surface area contributed by atoms with Gasteiger partial charge in [-0.15, -0.1) is 0 Å². The standard InChI is InChI=1S/C6H19B3N4O6/c10-1-4-14-7-17-8(15-5-2-11)19-9(18-7)16-6-3-13-12/h13H,1-6,10-12H2. The van der Waals surface area contributed by atoms with Crippen LogP contribution in [0.25, 0.3) is 0 Å². The molecule has 10 nitrogen and oxygen atoms in total. The molecule has 0 aromatic carbocycles.